The summed E-state index contributed by atoms with van der Waals surface area (Å²) in [6.07, 6.45) is 7.81. The number of aromatic nitrogens is 1. The van der Waals surface area contributed by atoms with E-state index in [0.29, 0.717) is 5.69 Å². The Morgan fingerprint density at radius 2 is 1.52 bits per heavy atom. The van der Waals surface area contributed by atoms with E-state index in [4.69, 9.17) is 4.98 Å². The Morgan fingerprint density at radius 3 is 1.91 bits per heavy atom. The molecule has 1 amide bonds. The van der Waals surface area contributed by atoms with Gasteiger partial charge in [0.05, 0.1) is 0 Å². The molecule has 0 spiro atoms. The molecular formula is C18H34N2OSSn. The van der Waals surface area contributed by atoms with Crippen LogP contribution in [0.15, 0.2) is 5.38 Å². The number of amides is 1. The topological polar surface area (TPSA) is 33.2 Å². The monoisotopic (exact) mass is 446 g/mol. The molecule has 0 radical (unpaired) electrons. The molecule has 1 heterocycles. The van der Waals surface area contributed by atoms with E-state index in [0.717, 1.165) is 0 Å². The fourth-order valence-corrected chi connectivity index (χ4v) is 22.4. The van der Waals surface area contributed by atoms with E-state index in [-0.39, 0.29) is 5.91 Å². The number of rotatable bonds is 11. The Hall–Kier alpha value is -0.101. The third kappa shape index (κ3) is 6.04. The molecule has 0 saturated heterocycles. The van der Waals surface area contributed by atoms with E-state index in [2.05, 4.69) is 20.8 Å². The molecule has 0 unspecified atom stereocenters. The third-order valence-corrected chi connectivity index (χ3v) is 23.3. The predicted octanol–water partition coefficient (Wildman–Crippen LogP) is 4.90. The van der Waals surface area contributed by atoms with Gasteiger partial charge in [0.25, 0.3) is 0 Å². The van der Waals surface area contributed by atoms with Crippen LogP contribution in [0.2, 0.25) is 13.3 Å². The quantitative estimate of drug-likeness (QED) is 0.454. The first kappa shape index (κ1) is 20.9. The molecule has 5 heteroatoms. The van der Waals surface area contributed by atoms with Crippen LogP contribution in [-0.4, -0.2) is 48.3 Å². The van der Waals surface area contributed by atoms with Crippen LogP contribution in [0.5, 0.6) is 0 Å². The first-order valence-corrected chi connectivity index (χ1v) is 17.5. The molecule has 132 valence electrons. The molecule has 0 aliphatic rings. The number of nitrogens with zero attached hydrogens (tertiary/aromatic N) is 2. The van der Waals surface area contributed by atoms with Crippen molar-refractivity contribution in [3.8, 4) is 0 Å². The van der Waals surface area contributed by atoms with E-state index in [1.807, 2.05) is 19.5 Å². The van der Waals surface area contributed by atoms with Crippen molar-refractivity contribution in [2.24, 2.45) is 0 Å². The molecule has 23 heavy (non-hydrogen) atoms. The number of unbranched alkanes of at least 4 members (excludes halogenated alkanes) is 3. The average molecular weight is 445 g/mol. The molecule has 0 saturated carbocycles. The minimum atomic E-state index is -2.45. The van der Waals surface area contributed by atoms with Crippen LogP contribution in [-0.2, 0) is 0 Å². The maximum absolute atomic E-state index is 12.2. The second-order valence-electron chi connectivity index (χ2n) is 6.83. The molecule has 3 nitrogen and oxygen atoms in total. The van der Waals surface area contributed by atoms with Gasteiger partial charge in [-0.2, -0.15) is 0 Å². The van der Waals surface area contributed by atoms with Gasteiger partial charge >= 0.3 is 151 Å². The summed E-state index contributed by atoms with van der Waals surface area (Å²) in [6, 6.07) is 0. The van der Waals surface area contributed by atoms with E-state index in [9.17, 15) is 4.79 Å². The first-order valence-electron chi connectivity index (χ1n) is 9.18. The normalized spacial score (nSPS) is 11.7. The van der Waals surface area contributed by atoms with Crippen molar-refractivity contribution in [1.29, 1.82) is 0 Å². The summed E-state index contributed by atoms with van der Waals surface area (Å²) >= 11 is -0.658. The van der Waals surface area contributed by atoms with Crippen LogP contribution in [0, 0.1) is 0 Å². The zero-order valence-corrected chi connectivity index (χ0v) is 19.3. The van der Waals surface area contributed by atoms with Crippen molar-refractivity contribution in [3.05, 3.63) is 11.1 Å². The molecule has 1 aromatic heterocycles. The van der Waals surface area contributed by atoms with Crippen molar-refractivity contribution in [1.82, 2.24) is 9.88 Å². The SMILES string of the molecule is CCC[CH2][Sn]([CH2]CCC)([CH2]CCC)[c]1nc(C(=O)N(C)C)cs1. The first-order chi connectivity index (χ1) is 11.0. The molecule has 0 aliphatic carbocycles. The Balaban J connectivity index is 3.11. The van der Waals surface area contributed by atoms with Gasteiger partial charge in [-0.1, -0.05) is 0 Å². The van der Waals surface area contributed by atoms with Gasteiger partial charge in [0, 0.05) is 0 Å². The van der Waals surface area contributed by atoms with Crippen molar-refractivity contribution >= 4 is 38.6 Å². The second kappa shape index (κ2) is 10.7. The molecule has 1 rings (SSSR count). The van der Waals surface area contributed by atoms with Crippen LogP contribution >= 0.6 is 11.3 Å². The average Bonchev–Trinajstić information content (AvgIpc) is 3.04. The van der Waals surface area contributed by atoms with Crippen molar-refractivity contribution in [3.63, 3.8) is 0 Å². The van der Waals surface area contributed by atoms with E-state index in [1.165, 1.54) is 54.9 Å². The molecule has 0 fully saturated rings. The molecule has 0 aliphatic heterocycles. The number of carbonyl (C=O) groups is 1. The van der Waals surface area contributed by atoms with Gasteiger partial charge in [-0.05, 0) is 0 Å². The summed E-state index contributed by atoms with van der Waals surface area (Å²) in [6.45, 7) is 6.87. The number of hydrogen-bond donors (Lipinski definition) is 0. The summed E-state index contributed by atoms with van der Waals surface area (Å²) in [7, 11) is 3.62. The summed E-state index contributed by atoms with van der Waals surface area (Å²) in [5.41, 5.74) is 0.667. The summed E-state index contributed by atoms with van der Waals surface area (Å²) in [5, 5.41) is 2.01. The number of carbonyl (C=O) groups excluding carboxylic acids is 1. The van der Waals surface area contributed by atoms with Crippen molar-refractivity contribution in [2.75, 3.05) is 14.1 Å². The number of hydrogen-bond acceptors (Lipinski definition) is 3. The Labute approximate surface area is 150 Å². The Bertz CT molecular complexity index is 452. The molecule has 0 bridgehead atoms. The van der Waals surface area contributed by atoms with Crippen molar-refractivity contribution in [2.45, 2.75) is 72.6 Å². The Morgan fingerprint density at radius 1 is 1.04 bits per heavy atom. The third-order valence-electron chi connectivity index (χ3n) is 4.61. The Kier molecular flexibility index (Phi) is 9.74. The van der Waals surface area contributed by atoms with Crippen LogP contribution in [0.3, 0.4) is 0 Å². The molecule has 0 aromatic carbocycles. The van der Waals surface area contributed by atoms with Crippen LogP contribution in [0.4, 0.5) is 0 Å². The van der Waals surface area contributed by atoms with Gasteiger partial charge in [-0.3, -0.25) is 0 Å². The molecule has 0 atom stereocenters. The van der Waals surface area contributed by atoms with Gasteiger partial charge in [-0.15, -0.1) is 0 Å². The standard InChI is InChI=1S/C6H7N2OS.3C4H9.Sn/c1-8(2)6(9)5-3-10-4-7-5;3*1-3-4-2;/h3H,1-2H3;3*1,3-4H2,2H3;. The zero-order chi connectivity index (χ0) is 17.3. The van der Waals surface area contributed by atoms with Gasteiger partial charge in [-0.25, -0.2) is 0 Å². The minimum absolute atomic E-state index is 0.0502. The van der Waals surface area contributed by atoms with Crippen molar-refractivity contribution < 1.29 is 4.79 Å². The summed E-state index contributed by atoms with van der Waals surface area (Å²) < 4.78 is 5.64. The van der Waals surface area contributed by atoms with Gasteiger partial charge in [0.2, 0.25) is 0 Å². The second-order valence-corrected chi connectivity index (χ2v) is 21.7. The summed E-state index contributed by atoms with van der Waals surface area (Å²) in [4.78, 5) is 18.7. The van der Waals surface area contributed by atoms with E-state index in [1.54, 1.807) is 16.2 Å². The fraction of sp³-hybridized carbons (Fsp3) is 0.778. The van der Waals surface area contributed by atoms with Gasteiger partial charge < -0.3 is 0 Å². The van der Waals surface area contributed by atoms with Gasteiger partial charge in [0.1, 0.15) is 0 Å². The fourth-order valence-electron chi connectivity index (χ4n) is 3.09. The number of thiazole rings is 1. The maximum atomic E-state index is 12.2. The molecule has 1 aromatic rings. The van der Waals surface area contributed by atoms with Gasteiger partial charge in [0.15, 0.2) is 0 Å². The summed E-state index contributed by atoms with van der Waals surface area (Å²) in [5.74, 6) is 0.0502. The predicted molar refractivity (Wildman–Crippen MR) is 105 cm³/mol. The zero-order valence-electron chi connectivity index (χ0n) is 15.7. The van der Waals surface area contributed by atoms with E-state index >= 15 is 0 Å². The molecule has 0 N–H and O–H groups in total. The van der Waals surface area contributed by atoms with Crippen LogP contribution in [0.25, 0.3) is 0 Å². The van der Waals surface area contributed by atoms with E-state index < -0.39 is 18.4 Å². The van der Waals surface area contributed by atoms with Crippen LogP contribution < -0.4 is 3.02 Å². The van der Waals surface area contributed by atoms with Crippen LogP contribution in [0.1, 0.15) is 69.8 Å². The molecular weight excluding hydrogens is 411 g/mol.